The molecule has 3 nitrogen and oxygen atoms in total. The summed E-state index contributed by atoms with van der Waals surface area (Å²) in [7, 11) is 0. The Kier molecular flexibility index (Phi) is 6.05. The van der Waals surface area contributed by atoms with Crippen LogP contribution in [0.5, 0.6) is 0 Å². The van der Waals surface area contributed by atoms with Gasteiger partial charge in [-0.05, 0) is 35.7 Å². The molecule has 3 rings (SSSR count). The zero-order chi connectivity index (χ0) is 18.4. The molecule has 0 bridgehead atoms. The molecule has 0 aliphatic carbocycles. The summed E-state index contributed by atoms with van der Waals surface area (Å²) in [5.41, 5.74) is 3.83. The third-order valence-electron chi connectivity index (χ3n) is 4.27. The summed E-state index contributed by atoms with van der Waals surface area (Å²) in [6, 6.07) is 25.7. The first kappa shape index (κ1) is 18.2. The molecule has 0 atom stereocenters. The first-order valence-corrected chi connectivity index (χ1v) is 8.91. The van der Waals surface area contributed by atoms with Gasteiger partial charge >= 0.3 is 0 Å². The van der Waals surface area contributed by atoms with E-state index >= 15 is 0 Å². The van der Waals surface area contributed by atoms with Gasteiger partial charge < -0.3 is 5.32 Å². The SMILES string of the molecule is Cc1c(Cl)cccc1NC(=O)CNC(c1ccccc1)c1ccccc1. The molecule has 26 heavy (non-hydrogen) atoms. The van der Waals surface area contributed by atoms with Crippen molar-refractivity contribution >= 4 is 23.2 Å². The molecule has 3 aromatic carbocycles. The number of hydrogen-bond donors (Lipinski definition) is 2. The van der Waals surface area contributed by atoms with E-state index in [1.807, 2.05) is 61.5 Å². The van der Waals surface area contributed by atoms with Crippen LogP contribution in [0.3, 0.4) is 0 Å². The van der Waals surface area contributed by atoms with Crippen LogP contribution in [0.1, 0.15) is 22.7 Å². The molecular weight excluding hydrogens is 344 g/mol. The Morgan fingerprint density at radius 1 is 0.885 bits per heavy atom. The molecule has 0 radical (unpaired) electrons. The van der Waals surface area contributed by atoms with E-state index < -0.39 is 0 Å². The number of rotatable bonds is 6. The highest BCUT2D eigenvalue weighted by molar-refractivity contribution is 6.31. The Bertz CT molecular complexity index is 826. The van der Waals surface area contributed by atoms with Crippen LogP contribution < -0.4 is 10.6 Å². The fourth-order valence-electron chi connectivity index (χ4n) is 2.85. The summed E-state index contributed by atoms with van der Waals surface area (Å²) in [6.07, 6.45) is 0. The van der Waals surface area contributed by atoms with Crippen molar-refractivity contribution in [2.24, 2.45) is 0 Å². The van der Waals surface area contributed by atoms with E-state index in [0.29, 0.717) is 5.02 Å². The van der Waals surface area contributed by atoms with Crippen LogP contribution in [0.15, 0.2) is 78.9 Å². The van der Waals surface area contributed by atoms with Gasteiger partial charge in [0.2, 0.25) is 5.91 Å². The molecule has 132 valence electrons. The summed E-state index contributed by atoms with van der Waals surface area (Å²) in [5.74, 6) is -0.104. The number of carbonyl (C=O) groups excluding carboxylic acids is 1. The van der Waals surface area contributed by atoms with Gasteiger partial charge in [0.15, 0.2) is 0 Å². The van der Waals surface area contributed by atoms with Crippen LogP contribution in [0.2, 0.25) is 5.02 Å². The monoisotopic (exact) mass is 364 g/mol. The van der Waals surface area contributed by atoms with Gasteiger partial charge in [0.25, 0.3) is 0 Å². The van der Waals surface area contributed by atoms with Crippen molar-refractivity contribution in [2.75, 3.05) is 11.9 Å². The van der Waals surface area contributed by atoms with Crippen molar-refractivity contribution < 1.29 is 4.79 Å². The molecule has 0 heterocycles. The van der Waals surface area contributed by atoms with Gasteiger partial charge in [0.1, 0.15) is 0 Å². The minimum atomic E-state index is -0.104. The number of nitrogens with one attached hydrogen (secondary N) is 2. The number of hydrogen-bond acceptors (Lipinski definition) is 2. The lowest BCUT2D eigenvalue weighted by Crippen LogP contribution is -2.32. The van der Waals surface area contributed by atoms with E-state index in [4.69, 9.17) is 11.6 Å². The first-order valence-electron chi connectivity index (χ1n) is 8.53. The minimum absolute atomic E-state index is 0.0522. The maximum atomic E-state index is 12.4. The maximum absolute atomic E-state index is 12.4. The second kappa shape index (κ2) is 8.65. The normalized spacial score (nSPS) is 10.7. The Balaban J connectivity index is 1.72. The Morgan fingerprint density at radius 2 is 1.46 bits per heavy atom. The van der Waals surface area contributed by atoms with Crippen LogP contribution >= 0.6 is 11.6 Å². The molecule has 2 N–H and O–H groups in total. The predicted molar refractivity (Wildman–Crippen MR) is 108 cm³/mol. The quantitative estimate of drug-likeness (QED) is 0.648. The zero-order valence-corrected chi connectivity index (χ0v) is 15.3. The lowest BCUT2D eigenvalue weighted by Gasteiger charge is -2.20. The second-order valence-electron chi connectivity index (χ2n) is 6.10. The van der Waals surface area contributed by atoms with Crippen molar-refractivity contribution in [3.63, 3.8) is 0 Å². The van der Waals surface area contributed by atoms with E-state index in [9.17, 15) is 4.79 Å². The van der Waals surface area contributed by atoms with Gasteiger partial charge in [-0.3, -0.25) is 10.1 Å². The van der Waals surface area contributed by atoms with Gasteiger partial charge in [-0.1, -0.05) is 78.3 Å². The van der Waals surface area contributed by atoms with E-state index in [2.05, 4.69) is 34.9 Å². The van der Waals surface area contributed by atoms with Crippen LogP contribution in [0.25, 0.3) is 0 Å². The molecule has 0 fully saturated rings. The molecule has 3 aromatic rings. The Morgan fingerprint density at radius 3 is 2.04 bits per heavy atom. The van der Waals surface area contributed by atoms with Gasteiger partial charge in [0, 0.05) is 10.7 Å². The highest BCUT2D eigenvalue weighted by Crippen LogP contribution is 2.23. The number of benzene rings is 3. The lowest BCUT2D eigenvalue weighted by molar-refractivity contribution is -0.115. The largest absolute Gasteiger partial charge is 0.325 e. The van der Waals surface area contributed by atoms with E-state index in [-0.39, 0.29) is 18.5 Å². The molecule has 0 unspecified atom stereocenters. The smallest absolute Gasteiger partial charge is 0.238 e. The van der Waals surface area contributed by atoms with Crippen LogP contribution in [-0.4, -0.2) is 12.5 Å². The summed E-state index contributed by atoms with van der Waals surface area (Å²) in [4.78, 5) is 12.4. The van der Waals surface area contributed by atoms with Gasteiger partial charge in [0.05, 0.1) is 12.6 Å². The number of amides is 1. The van der Waals surface area contributed by atoms with Crippen molar-refractivity contribution in [3.05, 3.63) is 101 Å². The van der Waals surface area contributed by atoms with Crippen molar-refractivity contribution in [1.29, 1.82) is 0 Å². The molecule has 1 amide bonds. The first-order chi connectivity index (χ1) is 12.6. The lowest BCUT2D eigenvalue weighted by atomic mass is 9.99. The van der Waals surface area contributed by atoms with E-state index in [1.54, 1.807) is 0 Å². The summed E-state index contributed by atoms with van der Waals surface area (Å²) >= 11 is 6.12. The Hall–Kier alpha value is -2.62. The zero-order valence-electron chi connectivity index (χ0n) is 14.6. The van der Waals surface area contributed by atoms with Crippen molar-refractivity contribution in [1.82, 2.24) is 5.32 Å². The fraction of sp³-hybridized carbons (Fsp3) is 0.136. The summed E-state index contributed by atoms with van der Waals surface area (Å²) in [6.45, 7) is 2.09. The standard InChI is InChI=1S/C22H21ClN2O/c1-16-19(23)13-8-14-20(16)25-21(26)15-24-22(17-9-4-2-5-10-17)18-11-6-3-7-12-18/h2-14,22,24H,15H2,1H3,(H,25,26). The Labute approximate surface area is 159 Å². The van der Waals surface area contributed by atoms with Crippen LogP contribution in [-0.2, 0) is 4.79 Å². The fourth-order valence-corrected chi connectivity index (χ4v) is 3.03. The van der Waals surface area contributed by atoms with Gasteiger partial charge in [-0.25, -0.2) is 0 Å². The third kappa shape index (κ3) is 4.51. The molecule has 0 saturated heterocycles. The highest BCUT2D eigenvalue weighted by atomic mass is 35.5. The van der Waals surface area contributed by atoms with E-state index in [1.165, 1.54) is 0 Å². The molecule has 0 spiro atoms. The van der Waals surface area contributed by atoms with Crippen LogP contribution in [0.4, 0.5) is 5.69 Å². The average molecular weight is 365 g/mol. The van der Waals surface area contributed by atoms with E-state index in [0.717, 1.165) is 22.4 Å². The average Bonchev–Trinajstić information content (AvgIpc) is 2.67. The van der Waals surface area contributed by atoms with Gasteiger partial charge in [-0.2, -0.15) is 0 Å². The molecule has 0 aliphatic rings. The molecule has 0 saturated carbocycles. The van der Waals surface area contributed by atoms with Gasteiger partial charge in [-0.15, -0.1) is 0 Å². The molecule has 4 heteroatoms. The molecule has 0 aromatic heterocycles. The number of carbonyl (C=O) groups is 1. The number of halogens is 1. The predicted octanol–water partition coefficient (Wildman–Crippen LogP) is 4.97. The molecule has 0 aliphatic heterocycles. The summed E-state index contributed by atoms with van der Waals surface area (Å²) in [5, 5.41) is 6.93. The topological polar surface area (TPSA) is 41.1 Å². The van der Waals surface area contributed by atoms with Crippen molar-refractivity contribution in [2.45, 2.75) is 13.0 Å². The summed E-state index contributed by atoms with van der Waals surface area (Å²) < 4.78 is 0. The van der Waals surface area contributed by atoms with Crippen molar-refractivity contribution in [3.8, 4) is 0 Å². The number of anilines is 1. The van der Waals surface area contributed by atoms with Crippen LogP contribution in [0, 0.1) is 6.92 Å². The molecular formula is C22H21ClN2O. The minimum Gasteiger partial charge on any atom is -0.325 e. The maximum Gasteiger partial charge on any atom is 0.238 e. The second-order valence-corrected chi connectivity index (χ2v) is 6.50. The highest BCUT2D eigenvalue weighted by Gasteiger charge is 2.15. The third-order valence-corrected chi connectivity index (χ3v) is 4.68.